The van der Waals surface area contributed by atoms with E-state index < -0.39 is 6.10 Å². The van der Waals surface area contributed by atoms with Gasteiger partial charge < -0.3 is 9.63 Å². The normalized spacial score (nSPS) is 21.4. The second-order valence-corrected chi connectivity index (χ2v) is 5.38. The highest BCUT2D eigenvalue weighted by Gasteiger charge is 2.34. The van der Waals surface area contributed by atoms with Gasteiger partial charge in [-0.1, -0.05) is 44.7 Å². The van der Waals surface area contributed by atoms with Gasteiger partial charge in [-0.25, -0.2) is 0 Å². The molecule has 0 aliphatic heterocycles. The average molecular weight is 238 g/mol. The van der Waals surface area contributed by atoms with Gasteiger partial charge in [-0.2, -0.15) is 4.98 Å². The summed E-state index contributed by atoms with van der Waals surface area (Å²) in [5.74, 6) is 1.16. The van der Waals surface area contributed by atoms with Crippen LogP contribution in [0.25, 0.3) is 0 Å². The van der Waals surface area contributed by atoms with Crippen molar-refractivity contribution in [2.45, 2.75) is 70.3 Å². The monoisotopic (exact) mass is 238 g/mol. The number of rotatable bonds is 4. The molecule has 0 saturated heterocycles. The molecule has 0 radical (unpaired) electrons. The number of aliphatic hydroxyl groups excluding tert-OH is 1. The van der Waals surface area contributed by atoms with Gasteiger partial charge in [0.25, 0.3) is 0 Å². The van der Waals surface area contributed by atoms with Crippen molar-refractivity contribution in [1.29, 1.82) is 0 Å². The molecule has 4 heteroatoms. The van der Waals surface area contributed by atoms with E-state index in [0.717, 1.165) is 19.3 Å². The Morgan fingerprint density at radius 3 is 2.71 bits per heavy atom. The number of aliphatic hydroxyl groups is 1. The van der Waals surface area contributed by atoms with Gasteiger partial charge in [-0.05, 0) is 19.3 Å². The molecule has 1 aromatic rings. The maximum Gasteiger partial charge on any atom is 0.232 e. The van der Waals surface area contributed by atoms with Crippen LogP contribution in [0.2, 0.25) is 0 Å². The first-order chi connectivity index (χ1) is 8.15. The molecule has 0 bridgehead atoms. The van der Waals surface area contributed by atoms with Crippen molar-refractivity contribution < 1.29 is 9.63 Å². The minimum absolute atomic E-state index is 0.0232. The summed E-state index contributed by atoms with van der Waals surface area (Å²) >= 11 is 0. The first kappa shape index (κ1) is 12.6. The van der Waals surface area contributed by atoms with Gasteiger partial charge in [-0.15, -0.1) is 0 Å². The molecule has 17 heavy (non-hydrogen) atoms. The Morgan fingerprint density at radius 1 is 1.35 bits per heavy atom. The molecule has 1 unspecified atom stereocenters. The van der Waals surface area contributed by atoms with E-state index in [2.05, 4.69) is 17.1 Å². The third-order valence-corrected chi connectivity index (χ3v) is 3.78. The molecule has 1 fully saturated rings. The zero-order valence-corrected chi connectivity index (χ0v) is 10.8. The summed E-state index contributed by atoms with van der Waals surface area (Å²) in [4.78, 5) is 4.40. The SMILES string of the molecule is CCCC(O)c1noc(C2(C)CCCCC2)n1. The van der Waals surface area contributed by atoms with Crippen LogP contribution in [0, 0.1) is 0 Å². The van der Waals surface area contributed by atoms with Gasteiger partial charge in [0, 0.05) is 5.41 Å². The molecular weight excluding hydrogens is 216 g/mol. The molecule has 2 rings (SSSR count). The Bertz CT molecular complexity index is 356. The van der Waals surface area contributed by atoms with Crippen LogP contribution in [0.15, 0.2) is 4.52 Å². The van der Waals surface area contributed by atoms with Gasteiger partial charge in [0.15, 0.2) is 5.82 Å². The molecule has 1 saturated carbocycles. The molecule has 1 aliphatic rings. The van der Waals surface area contributed by atoms with Crippen LogP contribution in [0.3, 0.4) is 0 Å². The zero-order chi connectivity index (χ0) is 12.3. The Labute approximate surface area is 102 Å². The van der Waals surface area contributed by atoms with E-state index in [1.807, 2.05) is 6.92 Å². The lowest BCUT2D eigenvalue weighted by Gasteiger charge is -2.29. The minimum atomic E-state index is -0.579. The summed E-state index contributed by atoms with van der Waals surface area (Å²) in [5.41, 5.74) is 0.0232. The maximum atomic E-state index is 9.83. The van der Waals surface area contributed by atoms with E-state index >= 15 is 0 Å². The molecule has 1 aromatic heterocycles. The summed E-state index contributed by atoms with van der Waals surface area (Å²) in [6.45, 7) is 4.22. The molecule has 0 amide bonds. The predicted octanol–water partition coefficient (Wildman–Crippen LogP) is 3.12. The fourth-order valence-electron chi connectivity index (χ4n) is 2.56. The standard InChI is InChI=1S/C13H22N2O2/c1-3-7-10(16)11-14-12(17-15-11)13(2)8-5-4-6-9-13/h10,16H,3-9H2,1-2H3. The summed E-state index contributed by atoms with van der Waals surface area (Å²) in [6, 6.07) is 0. The second-order valence-electron chi connectivity index (χ2n) is 5.38. The predicted molar refractivity (Wildman–Crippen MR) is 64.6 cm³/mol. The average Bonchev–Trinajstić information content (AvgIpc) is 2.80. The van der Waals surface area contributed by atoms with Gasteiger partial charge in [0.05, 0.1) is 0 Å². The summed E-state index contributed by atoms with van der Waals surface area (Å²) in [7, 11) is 0. The molecule has 1 N–H and O–H groups in total. The van der Waals surface area contributed by atoms with Crippen LogP contribution in [0.5, 0.6) is 0 Å². The Morgan fingerprint density at radius 2 is 2.06 bits per heavy atom. The largest absolute Gasteiger partial charge is 0.385 e. The molecule has 1 atom stereocenters. The van der Waals surface area contributed by atoms with Gasteiger partial charge in [0.1, 0.15) is 6.10 Å². The van der Waals surface area contributed by atoms with Crippen LogP contribution in [-0.4, -0.2) is 15.2 Å². The molecule has 0 aromatic carbocycles. The Kier molecular flexibility index (Phi) is 3.82. The Balaban J connectivity index is 2.11. The molecule has 1 aliphatic carbocycles. The van der Waals surface area contributed by atoms with E-state index in [-0.39, 0.29) is 5.41 Å². The van der Waals surface area contributed by atoms with E-state index in [9.17, 15) is 5.11 Å². The van der Waals surface area contributed by atoms with Crippen LogP contribution in [0.4, 0.5) is 0 Å². The minimum Gasteiger partial charge on any atom is -0.385 e. The first-order valence-corrected chi connectivity index (χ1v) is 6.68. The van der Waals surface area contributed by atoms with Gasteiger partial charge in [0.2, 0.25) is 5.89 Å². The van der Waals surface area contributed by atoms with Crippen molar-refractivity contribution in [3.63, 3.8) is 0 Å². The van der Waals surface area contributed by atoms with Crippen molar-refractivity contribution in [1.82, 2.24) is 10.1 Å². The highest BCUT2D eigenvalue weighted by molar-refractivity contribution is 5.05. The van der Waals surface area contributed by atoms with E-state index in [4.69, 9.17) is 4.52 Å². The third kappa shape index (κ3) is 2.68. The fraction of sp³-hybridized carbons (Fsp3) is 0.846. The van der Waals surface area contributed by atoms with E-state index in [0.29, 0.717) is 18.1 Å². The first-order valence-electron chi connectivity index (χ1n) is 6.68. The lowest BCUT2D eigenvalue weighted by molar-refractivity contribution is 0.152. The number of hydrogen-bond acceptors (Lipinski definition) is 4. The van der Waals surface area contributed by atoms with Crippen molar-refractivity contribution >= 4 is 0 Å². The zero-order valence-electron chi connectivity index (χ0n) is 10.8. The van der Waals surface area contributed by atoms with Gasteiger partial charge >= 0.3 is 0 Å². The summed E-state index contributed by atoms with van der Waals surface area (Å²) < 4.78 is 5.35. The van der Waals surface area contributed by atoms with Crippen molar-refractivity contribution in [2.24, 2.45) is 0 Å². The lowest BCUT2D eigenvalue weighted by Crippen LogP contribution is -2.25. The molecular formula is C13H22N2O2. The van der Waals surface area contributed by atoms with Crippen LogP contribution >= 0.6 is 0 Å². The Hall–Kier alpha value is -0.900. The summed E-state index contributed by atoms with van der Waals surface area (Å²) in [5, 5.41) is 13.8. The van der Waals surface area contributed by atoms with E-state index in [1.165, 1.54) is 19.3 Å². The third-order valence-electron chi connectivity index (χ3n) is 3.78. The quantitative estimate of drug-likeness (QED) is 0.875. The van der Waals surface area contributed by atoms with E-state index in [1.54, 1.807) is 0 Å². The van der Waals surface area contributed by atoms with Crippen molar-refractivity contribution in [2.75, 3.05) is 0 Å². The highest BCUT2D eigenvalue weighted by atomic mass is 16.5. The lowest BCUT2D eigenvalue weighted by atomic mass is 9.75. The van der Waals surface area contributed by atoms with Crippen molar-refractivity contribution in [3.8, 4) is 0 Å². The number of nitrogens with zero attached hydrogens (tertiary/aromatic N) is 2. The molecule has 1 heterocycles. The van der Waals surface area contributed by atoms with Gasteiger partial charge in [-0.3, -0.25) is 0 Å². The summed E-state index contributed by atoms with van der Waals surface area (Å²) in [6.07, 6.45) is 7.01. The molecule has 96 valence electrons. The van der Waals surface area contributed by atoms with Crippen LogP contribution in [-0.2, 0) is 5.41 Å². The molecule has 0 spiro atoms. The smallest absolute Gasteiger partial charge is 0.232 e. The number of hydrogen-bond donors (Lipinski definition) is 1. The van der Waals surface area contributed by atoms with Crippen LogP contribution < -0.4 is 0 Å². The maximum absolute atomic E-state index is 9.83. The second kappa shape index (κ2) is 5.17. The van der Waals surface area contributed by atoms with Crippen LogP contribution in [0.1, 0.15) is 76.6 Å². The fourth-order valence-corrected chi connectivity index (χ4v) is 2.56. The number of aromatic nitrogens is 2. The molecule has 4 nitrogen and oxygen atoms in total. The topological polar surface area (TPSA) is 59.2 Å². The van der Waals surface area contributed by atoms with Crippen molar-refractivity contribution in [3.05, 3.63) is 11.7 Å². The highest BCUT2D eigenvalue weighted by Crippen LogP contribution is 2.38.